The van der Waals surface area contributed by atoms with Crippen molar-refractivity contribution in [3.8, 4) is 11.4 Å². The highest BCUT2D eigenvalue weighted by Crippen LogP contribution is 2.19. The van der Waals surface area contributed by atoms with Crippen molar-refractivity contribution in [2.45, 2.75) is 5.88 Å². The Bertz CT molecular complexity index is 524. The van der Waals surface area contributed by atoms with Crippen LogP contribution in [0.3, 0.4) is 0 Å². The van der Waals surface area contributed by atoms with Crippen LogP contribution in [0.5, 0.6) is 0 Å². The maximum Gasteiger partial charge on any atom is 0.409 e. The van der Waals surface area contributed by atoms with Crippen LogP contribution in [0.15, 0.2) is 28.8 Å². The third-order valence-electron chi connectivity index (χ3n) is 1.98. The van der Waals surface area contributed by atoms with Crippen molar-refractivity contribution in [1.82, 2.24) is 10.1 Å². The Morgan fingerprint density at radius 1 is 1.41 bits per heavy atom. The van der Waals surface area contributed by atoms with Gasteiger partial charge in [-0.3, -0.25) is 5.32 Å². The fraction of sp³-hybridized carbons (Fsp3) is 0.100. The predicted octanol–water partition coefficient (Wildman–Crippen LogP) is 2.57. The van der Waals surface area contributed by atoms with Crippen LogP contribution in [-0.4, -0.2) is 21.3 Å². The maximum atomic E-state index is 10.4. The van der Waals surface area contributed by atoms with E-state index in [1.807, 2.05) is 0 Å². The first-order chi connectivity index (χ1) is 8.19. The highest BCUT2D eigenvalue weighted by Gasteiger charge is 2.07. The molecule has 0 fully saturated rings. The quantitative estimate of drug-likeness (QED) is 0.821. The van der Waals surface area contributed by atoms with Crippen LogP contribution in [0.4, 0.5) is 10.5 Å². The molecule has 0 unspecified atom stereocenters. The Morgan fingerprint density at radius 3 is 2.65 bits per heavy atom. The molecule has 2 rings (SSSR count). The minimum Gasteiger partial charge on any atom is -0.465 e. The number of rotatable bonds is 3. The zero-order valence-electron chi connectivity index (χ0n) is 8.55. The molecule has 1 amide bonds. The number of alkyl halides is 1. The summed E-state index contributed by atoms with van der Waals surface area (Å²) in [6, 6.07) is 6.60. The average Bonchev–Trinajstić information content (AvgIpc) is 2.78. The molecule has 2 N–H and O–H groups in total. The summed E-state index contributed by atoms with van der Waals surface area (Å²) in [5, 5.41) is 14.5. The molecule has 1 aromatic carbocycles. The molecular weight excluding hydrogens is 246 g/mol. The second kappa shape index (κ2) is 4.84. The van der Waals surface area contributed by atoms with Gasteiger partial charge in [-0.05, 0) is 24.3 Å². The van der Waals surface area contributed by atoms with Gasteiger partial charge >= 0.3 is 6.09 Å². The highest BCUT2D eigenvalue weighted by atomic mass is 35.5. The van der Waals surface area contributed by atoms with Crippen LogP contribution in [0, 0.1) is 0 Å². The number of carbonyl (C=O) groups is 1. The first kappa shape index (κ1) is 11.4. The zero-order valence-corrected chi connectivity index (χ0v) is 9.31. The van der Waals surface area contributed by atoms with E-state index in [4.69, 9.17) is 21.2 Å². The van der Waals surface area contributed by atoms with Gasteiger partial charge in [0.05, 0.1) is 0 Å². The van der Waals surface area contributed by atoms with Crippen molar-refractivity contribution < 1.29 is 14.4 Å². The number of aromatic nitrogens is 2. The molecule has 0 spiro atoms. The van der Waals surface area contributed by atoms with Crippen LogP contribution < -0.4 is 5.32 Å². The van der Waals surface area contributed by atoms with Gasteiger partial charge in [0.2, 0.25) is 11.7 Å². The van der Waals surface area contributed by atoms with Crippen LogP contribution in [0.25, 0.3) is 11.4 Å². The predicted molar refractivity (Wildman–Crippen MR) is 60.9 cm³/mol. The summed E-state index contributed by atoms with van der Waals surface area (Å²) >= 11 is 5.54. The number of nitrogens with zero attached hydrogens (tertiary/aromatic N) is 2. The van der Waals surface area contributed by atoms with E-state index in [1.165, 1.54) is 0 Å². The third kappa shape index (κ3) is 2.73. The second-order valence-corrected chi connectivity index (χ2v) is 3.42. The number of hydrogen-bond acceptors (Lipinski definition) is 4. The lowest BCUT2D eigenvalue weighted by Crippen LogP contribution is -2.06. The molecule has 0 radical (unpaired) electrons. The lowest BCUT2D eigenvalue weighted by atomic mass is 10.2. The molecule has 0 aliphatic rings. The van der Waals surface area contributed by atoms with Crippen LogP contribution in [-0.2, 0) is 5.88 Å². The Morgan fingerprint density at radius 2 is 2.12 bits per heavy atom. The van der Waals surface area contributed by atoms with Crippen LogP contribution in [0.1, 0.15) is 5.89 Å². The van der Waals surface area contributed by atoms with Gasteiger partial charge in [0.1, 0.15) is 5.88 Å². The van der Waals surface area contributed by atoms with Gasteiger partial charge in [-0.25, -0.2) is 4.79 Å². The van der Waals surface area contributed by atoms with E-state index >= 15 is 0 Å². The molecule has 88 valence electrons. The topological polar surface area (TPSA) is 88.2 Å². The van der Waals surface area contributed by atoms with E-state index < -0.39 is 6.09 Å². The van der Waals surface area contributed by atoms with Crippen molar-refractivity contribution >= 4 is 23.4 Å². The molecule has 0 saturated carbocycles. The van der Waals surface area contributed by atoms with Gasteiger partial charge in [0, 0.05) is 11.3 Å². The number of anilines is 1. The van der Waals surface area contributed by atoms with E-state index in [9.17, 15) is 4.79 Å². The van der Waals surface area contributed by atoms with E-state index in [0.717, 1.165) is 5.56 Å². The minimum absolute atomic E-state index is 0.158. The molecule has 17 heavy (non-hydrogen) atoms. The molecule has 0 atom stereocenters. The van der Waals surface area contributed by atoms with E-state index in [-0.39, 0.29) is 5.88 Å². The summed E-state index contributed by atoms with van der Waals surface area (Å²) in [4.78, 5) is 14.4. The summed E-state index contributed by atoms with van der Waals surface area (Å²) in [6.07, 6.45) is -1.11. The van der Waals surface area contributed by atoms with Crippen molar-refractivity contribution in [2.24, 2.45) is 0 Å². The van der Waals surface area contributed by atoms with Crippen LogP contribution in [0.2, 0.25) is 0 Å². The van der Waals surface area contributed by atoms with Crippen molar-refractivity contribution in [3.05, 3.63) is 30.2 Å². The van der Waals surface area contributed by atoms with Crippen molar-refractivity contribution in [3.63, 3.8) is 0 Å². The SMILES string of the molecule is O=C(O)Nc1ccc(-c2noc(CCl)n2)cc1. The maximum absolute atomic E-state index is 10.4. The largest absolute Gasteiger partial charge is 0.465 e. The van der Waals surface area contributed by atoms with Gasteiger partial charge in [-0.15, -0.1) is 11.6 Å². The van der Waals surface area contributed by atoms with Crippen LogP contribution >= 0.6 is 11.6 Å². The zero-order chi connectivity index (χ0) is 12.3. The fourth-order valence-corrected chi connectivity index (χ4v) is 1.36. The van der Waals surface area contributed by atoms with Gasteiger partial charge in [-0.2, -0.15) is 4.98 Å². The number of carboxylic acid groups (broad SMARTS) is 1. The van der Waals surface area contributed by atoms with Crippen molar-refractivity contribution in [1.29, 1.82) is 0 Å². The Kier molecular flexibility index (Phi) is 3.24. The Balaban J connectivity index is 2.19. The molecule has 0 bridgehead atoms. The van der Waals surface area contributed by atoms with Crippen molar-refractivity contribution in [2.75, 3.05) is 5.32 Å². The molecule has 6 nitrogen and oxygen atoms in total. The summed E-state index contributed by atoms with van der Waals surface area (Å²) in [5.41, 5.74) is 1.20. The molecule has 0 aliphatic heterocycles. The monoisotopic (exact) mass is 253 g/mol. The molecule has 1 heterocycles. The molecule has 0 aliphatic carbocycles. The summed E-state index contributed by atoms with van der Waals surface area (Å²) in [5.74, 6) is 0.919. The number of hydrogen-bond donors (Lipinski definition) is 2. The molecule has 7 heteroatoms. The molecule has 2 aromatic rings. The molecule has 0 saturated heterocycles. The summed E-state index contributed by atoms with van der Waals surface area (Å²) in [6.45, 7) is 0. The minimum atomic E-state index is -1.11. The normalized spacial score (nSPS) is 10.2. The highest BCUT2D eigenvalue weighted by molar-refractivity contribution is 6.16. The standard InChI is InChI=1S/C10H8ClN3O3/c11-5-8-13-9(14-17-8)6-1-3-7(4-2-6)12-10(15)16/h1-4,12H,5H2,(H,15,16). The smallest absolute Gasteiger partial charge is 0.409 e. The van der Waals surface area contributed by atoms with Gasteiger partial charge < -0.3 is 9.63 Å². The number of benzene rings is 1. The lowest BCUT2D eigenvalue weighted by molar-refractivity contribution is 0.210. The average molecular weight is 254 g/mol. The second-order valence-electron chi connectivity index (χ2n) is 3.15. The van der Waals surface area contributed by atoms with E-state index in [1.54, 1.807) is 24.3 Å². The first-order valence-corrected chi connectivity index (χ1v) is 5.21. The summed E-state index contributed by atoms with van der Waals surface area (Å²) in [7, 11) is 0. The number of nitrogens with one attached hydrogen (secondary N) is 1. The van der Waals surface area contributed by atoms with E-state index in [0.29, 0.717) is 17.4 Å². The van der Waals surface area contributed by atoms with Gasteiger partial charge in [0.15, 0.2) is 0 Å². The summed E-state index contributed by atoms with van der Waals surface area (Å²) < 4.78 is 4.86. The van der Waals surface area contributed by atoms with E-state index in [2.05, 4.69) is 15.5 Å². The first-order valence-electron chi connectivity index (χ1n) is 4.68. The fourth-order valence-electron chi connectivity index (χ4n) is 1.25. The third-order valence-corrected chi connectivity index (χ3v) is 2.21. The lowest BCUT2D eigenvalue weighted by Gasteiger charge is -2.00. The van der Waals surface area contributed by atoms with Gasteiger partial charge in [-0.1, -0.05) is 5.16 Å². The number of halogens is 1. The molecular formula is C10H8ClN3O3. The number of amides is 1. The Labute approximate surface area is 101 Å². The van der Waals surface area contributed by atoms with Gasteiger partial charge in [0.25, 0.3) is 0 Å². The Hall–Kier alpha value is -2.08. The molecule has 1 aromatic heterocycles.